The van der Waals surface area contributed by atoms with Crippen LogP contribution in [0, 0.1) is 5.41 Å². The van der Waals surface area contributed by atoms with Crippen molar-refractivity contribution in [3.8, 4) is 22.5 Å². The summed E-state index contributed by atoms with van der Waals surface area (Å²) >= 11 is 0. The van der Waals surface area contributed by atoms with Crippen LogP contribution in [0.25, 0.3) is 22.5 Å². The minimum absolute atomic E-state index is 0.190. The number of nitrogens with two attached hydrogens (primary N) is 1. The number of benzene rings is 2. The quantitative estimate of drug-likeness (QED) is 0.211. The predicted octanol–water partition coefficient (Wildman–Crippen LogP) is 2.95. The number of amides is 2. The van der Waals surface area contributed by atoms with Crippen LogP contribution in [0.5, 0.6) is 0 Å². The Kier molecular flexibility index (Phi) is 8.00. The third kappa shape index (κ3) is 6.06. The van der Waals surface area contributed by atoms with E-state index in [1.807, 2.05) is 74.6 Å². The van der Waals surface area contributed by atoms with Gasteiger partial charge in [-0.05, 0) is 64.8 Å². The number of anilines is 1. The van der Waals surface area contributed by atoms with E-state index in [0.29, 0.717) is 31.6 Å². The lowest BCUT2D eigenvalue weighted by molar-refractivity contribution is -0.130. The molecule has 214 valence electrons. The summed E-state index contributed by atoms with van der Waals surface area (Å²) in [5, 5.41) is 27.0. The molecule has 1 aliphatic heterocycles. The van der Waals surface area contributed by atoms with Gasteiger partial charge in [-0.25, -0.2) is 5.10 Å². The molecule has 1 unspecified atom stereocenters. The van der Waals surface area contributed by atoms with E-state index in [1.54, 1.807) is 11.8 Å². The molecular weight excluding hydrogens is 520 g/mol. The number of tetrazole rings is 1. The van der Waals surface area contributed by atoms with Crippen LogP contribution in [-0.4, -0.2) is 60.7 Å². The summed E-state index contributed by atoms with van der Waals surface area (Å²) in [6.45, 7) is 5.71. The Bertz CT molecular complexity index is 1490. The van der Waals surface area contributed by atoms with Gasteiger partial charge in [-0.1, -0.05) is 62.4 Å². The fourth-order valence-electron chi connectivity index (χ4n) is 5.56. The number of fused-ring (bicyclic) bond motifs is 1. The van der Waals surface area contributed by atoms with Crippen LogP contribution >= 0.6 is 0 Å². The third-order valence-corrected chi connectivity index (χ3v) is 7.74. The van der Waals surface area contributed by atoms with Crippen molar-refractivity contribution in [2.24, 2.45) is 11.1 Å². The number of aliphatic hydroxyl groups excluding tert-OH is 1. The molecule has 1 aliphatic rings. The number of aliphatic hydroxyl groups is 1. The van der Waals surface area contributed by atoms with Gasteiger partial charge in [0.15, 0.2) is 5.82 Å². The highest BCUT2D eigenvalue weighted by molar-refractivity contribution is 6.00. The molecule has 3 atom stereocenters. The zero-order valence-electron chi connectivity index (χ0n) is 23.5. The molecule has 11 heteroatoms. The minimum atomic E-state index is -0.873. The van der Waals surface area contributed by atoms with Crippen LogP contribution in [0.1, 0.15) is 44.9 Å². The fourth-order valence-corrected chi connectivity index (χ4v) is 5.56. The average Bonchev–Trinajstić information content (AvgIpc) is 3.63. The molecule has 0 fully saturated rings. The smallest absolute Gasteiger partial charge is 0.249 e. The molecule has 41 heavy (non-hydrogen) atoms. The summed E-state index contributed by atoms with van der Waals surface area (Å²) in [4.78, 5) is 32.0. The molecule has 0 saturated carbocycles. The Labute approximate surface area is 238 Å². The van der Waals surface area contributed by atoms with Gasteiger partial charge in [-0.2, -0.15) is 0 Å². The zero-order valence-corrected chi connectivity index (χ0v) is 23.5. The Morgan fingerprint density at radius 1 is 1.17 bits per heavy atom. The largest absolute Gasteiger partial charge is 0.393 e. The van der Waals surface area contributed by atoms with Crippen molar-refractivity contribution in [2.75, 3.05) is 4.90 Å². The molecule has 2 amide bonds. The van der Waals surface area contributed by atoms with Crippen LogP contribution in [0.3, 0.4) is 0 Å². The maximum absolute atomic E-state index is 13.9. The number of hydrogen-bond donors (Lipinski definition) is 5. The first kappa shape index (κ1) is 28.2. The average molecular weight is 557 g/mol. The minimum Gasteiger partial charge on any atom is -0.393 e. The van der Waals surface area contributed by atoms with Gasteiger partial charge in [-0.3, -0.25) is 9.59 Å². The van der Waals surface area contributed by atoms with Crippen molar-refractivity contribution in [2.45, 2.75) is 64.8 Å². The van der Waals surface area contributed by atoms with Crippen molar-refractivity contribution in [1.82, 2.24) is 30.9 Å². The first-order valence-corrected chi connectivity index (χ1v) is 13.8. The lowest BCUT2D eigenvalue weighted by Crippen LogP contribution is -2.56. The highest BCUT2D eigenvalue weighted by Crippen LogP contribution is 2.32. The topological polar surface area (TPSA) is 166 Å². The summed E-state index contributed by atoms with van der Waals surface area (Å²) in [5.41, 5.74) is 11.2. The van der Waals surface area contributed by atoms with E-state index in [9.17, 15) is 14.7 Å². The summed E-state index contributed by atoms with van der Waals surface area (Å²) in [6, 6.07) is 16.2. The fraction of sp³-hybridized carbons (Fsp3) is 0.367. The van der Waals surface area contributed by atoms with E-state index >= 15 is 0 Å². The van der Waals surface area contributed by atoms with Gasteiger partial charge in [-0.15, -0.1) is 5.10 Å². The van der Waals surface area contributed by atoms with Crippen molar-refractivity contribution < 1.29 is 14.7 Å². The number of hydrogen-bond acceptors (Lipinski definition) is 7. The highest BCUT2D eigenvalue weighted by atomic mass is 16.3. The van der Waals surface area contributed by atoms with Crippen molar-refractivity contribution >= 4 is 17.5 Å². The van der Waals surface area contributed by atoms with Gasteiger partial charge >= 0.3 is 0 Å². The van der Waals surface area contributed by atoms with Gasteiger partial charge in [0.2, 0.25) is 11.8 Å². The summed E-state index contributed by atoms with van der Waals surface area (Å²) in [5.74, 6) is -0.00384. The Hall–Kier alpha value is -4.35. The molecule has 4 aromatic rings. The summed E-state index contributed by atoms with van der Waals surface area (Å²) in [6.07, 6.45) is 2.66. The number of aromatic amines is 2. The van der Waals surface area contributed by atoms with E-state index in [1.165, 1.54) is 0 Å². The van der Waals surface area contributed by atoms with Crippen molar-refractivity contribution in [1.29, 1.82) is 0 Å². The predicted molar refractivity (Wildman–Crippen MR) is 155 cm³/mol. The molecule has 2 aromatic carbocycles. The van der Waals surface area contributed by atoms with Gasteiger partial charge in [0.1, 0.15) is 6.04 Å². The normalized spacial score (nSPS) is 17.0. The molecule has 0 spiro atoms. The lowest BCUT2D eigenvalue weighted by Gasteiger charge is -2.33. The standard InChI is InChI=1S/C30H36N8O3/c1-18(39)16-30(2,3)26(31)28(40)33-24-13-12-23-25(14-15-32-23)38(29(24)41)17-19-8-10-20(11-9-19)21-6-4-5-7-22(21)27-34-36-37-35-27/h4-11,14-15,18,24,26,32,39H,12-13,16-17,31H2,1-3H3,(H,33,40)(H,34,35,36,37)/t18-,24-,26?/m1/s1. The molecule has 3 heterocycles. The number of nitrogens with zero attached hydrogens (tertiary/aromatic N) is 4. The van der Waals surface area contributed by atoms with E-state index in [2.05, 4.69) is 30.9 Å². The Morgan fingerprint density at radius 2 is 1.90 bits per heavy atom. The second kappa shape index (κ2) is 11.6. The third-order valence-electron chi connectivity index (χ3n) is 7.74. The maximum atomic E-state index is 13.9. The van der Waals surface area contributed by atoms with Crippen LogP contribution in [0.15, 0.2) is 60.8 Å². The van der Waals surface area contributed by atoms with Gasteiger partial charge in [0, 0.05) is 17.5 Å². The monoisotopic (exact) mass is 556 g/mol. The number of carbonyl (C=O) groups is 2. The first-order chi connectivity index (χ1) is 19.6. The Morgan fingerprint density at radius 3 is 2.59 bits per heavy atom. The number of H-pyrrole nitrogens is 2. The SMILES string of the molecule is C[C@@H](O)CC(C)(C)C(N)C(=O)N[C@@H]1CCc2[nH]ccc2N(Cc2ccc(-c3ccccc3-c3nnn[nH]3)cc2)C1=O. The Balaban J connectivity index is 1.35. The molecule has 0 bridgehead atoms. The van der Waals surface area contributed by atoms with E-state index in [0.717, 1.165) is 33.6 Å². The zero-order chi connectivity index (χ0) is 29.1. The number of aromatic nitrogens is 5. The van der Waals surface area contributed by atoms with E-state index in [4.69, 9.17) is 5.73 Å². The molecule has 0 saturated heterocycles. The second-order valence-electron chi connectivity index (χ2n) is 11.4. The van der Waals surface area contributed by atoms with Gasteiger partial charge < -0.3 is 26.0 Å². The maximum Gasteiger partial charge on any atom is 0.249 e. The second-order valence-corrected chi connectivity index (χ2v) is 11.4. The molecule has 2 aromatic heterocycles. The molecular formula is C30H36N8O3. The van der Waals surface area contributed by atoms with E-state index < -0.39 is 29.5 Å². The van der Waals surface area contributed by atoms with Crippen LogP contribution in [0.2, 0.25) is 0 Å². The molecule has 6 N–H and O–H groups in total. The van der Waals surface area contributed by atoms with Crippen LogP contribution < -0.4 is 16.0 Å². The number of rotatable bonds is 9. The lowest BCUT2D eigenvalue weighted by atomic mass is 9.79. The van der Waals surface area contributed by atoms with E-state index in [-0.39, 0.29) is 5.91 Å². The summed E-state index contributed by atoms with van der Waals surface area (Å²) in [7, 11) is 0. The van der Waals surface area contributed by atoms with Crippen molar-refractivity contribution in [3.05, 3.63) is 72.1 Å². The van der Waals surface area contributed by atoms with Crippen molar-refractivity contribution in [3.63, 3.8) is 0 Å². The van der Waals surface area contributed by atoms with Crippen LogP contribution in [0.4, 0.5) is 5.69 Å². The molecule has 5 rings (SSSR count). The van der Waals surface area contributed by atoms with Gasteiger partial charge in [0.25, 0.3) is 0 Å². The first-order valence-electron chi connectivity index (χ1n) is 13.8. The number of nitrogens with one attached hydrogen (secondary N) is 3. The molecule has 0 aliphatic carbocycles. The summed E-state index contributed by atoms with van der Waals surface area (Å²) < 4.78 is 0. The van der Waals surface area contributed by atoms with Crippen LogP contribution in [-0.2, 0) is 22.6 Å². The molecule has 11 nitrogen and oxygen atoms in total. The highest BCUT2D eigenvalue weighted by Gasteiger charge is 2.37. The number of carbonyl (C=O) groups excluding carboxylic acids is 2. The molecule has 0 radical (unpaired) electrons. The number of aryl methyl sites for hydroxylation is 1. The van der Waals surface area contributed by atoms with Gasteiger partial charge in [0.05, 0.1) is 24.4 Å².